The number of aromatic nitrogens is 1. The molecule has 0 fully saturated rings. The molecule has 0 N–H and O–H groups in total. The third-order valence-electron chi connectivity index (χ3n) is 2.65. The standard InChI is InChI=1S/C15H12N2S/c1-11-5-4-6-12(9-11)10-16-15-17-13-7-2-3-8-14(13)18-15/h2-10H,1H3/b16-10+. The molecule has 88 valence electrons. The maximum atomic E-state index is 4.47. The molecule has 18 heavy (non-hydrogen) atoms. The van der Waals surface area contributed by atoms with Crippen molar-refractivity contribution in [3.8, 4) is 0 Å². The minimum atomic E-state index is 0.803. The summed E-state index contributed by atoms with van der Waals surface area (Å²) >= 11 is 1.61. The maximum Gasteiger partial charge on any atom is 0.210 e. The van der Waals surface area contributed by atoms with Crippen LogP contribution in [0.5, 0.6) is 0 Å². The summed E-state index contributed by atoms with van der Waals surface area (Å²) in [6.45, 7) is 2.08. The second-order valence-electron chi connectivity index (χ2n) is 4.14. The summed E-state index contributed by atoms with van der Waals surface area (Å²) in [5.74, 6) is 0. The van der Waals surface area contributed by atoms with E-state index in [9.17, 15) is 0 Å². The molecule has 0 saturated carbocycles. The van der Waals surface area contributed by atoms with Crippen LogP contribution < -0.4 is 0 Å². The van der Waals surface area contributed by atoms with Gasteiger partial charge in [-0.15, -0.1) is 0 Å². The van der Waals surface area contributed by atoms with Crippen molar-refractivity contribution in [2.45, 2.75) is 6.92 Å². The molecule has 0 spiro atoms. The molecule has 0 unspecified atom stereocenters. The van der Waals surface area contributed by atoms with Gasteiger partial charge in [0.2, 0.25) is 5.13 Å². The predicted octanol–water partition coefficient (Wildman–Crippen LogP) is 4.36. The number of nitrogens with zero attached hydrogens (tertiary/aromatic N) is 2. The Labute approximate surface area is 110 Å². The zero-order valence-electron chi connectivity index (χ0n) is 10.00. The number of thiazole rings is 1. The summed E-state index contributed by atoms with van der Waals surface area (Å²) in [6, 6.07) is 16.4. The Morgan fingerprint density at radius 1 is 1.11 bits per heavy atom. The molecule has 0 aliphatic rings. The van der Waals surface area contributed by atoms with Crippen LogP contribution in [0.4, 0.5) is 5.13 Å². The monoisotopic (exact) mass is 252 g/mol. The topological polar surface area (TPSA) is 25.2 Å². The van der Waals surface area contributed by atoms with Crippen molar-refractivity contribution in [1.82, 2.24) is 4.98 Å². The molecule has 0 saturated heterocycles. The minimum Gasteiger partial charge on any atom is -0.227 e. The van der Waals surface area contributed by atoms with Crippen molar-refractivity contribution < 1.29 is 0 Å². The number of fused-ring (bicyclic) bond motifs is 1. The van der Waals surface area contributed by atoms with Crippen molar-refractivity contribution in [2.24, 2.45) is 4.99 Å². The number of benzene rings is 2. The number of hydrogen-bond acceptors (Lipinski definition) is 3. The number of aliphatic imine (C=N–C) groups is 1. The average molecular weight is 252 g/mol. The van der Waals surface area contributed by atoms with Gasteiger partial charge in [0.05, 0.1) is 10.2 Å². The normalized spacial score (nSPS) is 11.4. The van der Waals surface area contributed by atoms with E-state index in [1.165, 1.54) is 10.3 Å². The Morgan fingerprint density at radius 2 is 2.00 bits per heavy atom. The lowest BCUT2D eigenvalue weighted by Crippen LogP contribution is -1.80. The Morgan fingerprint density at radius 3 is 2.83 bits per heavy atom. The minimum absolute atomic E-state index is 0.803. The summed E-state index contributed by atoms with van der Waals surface area (Å²) in [5, 5.41) is 0.803. The highest BCUT2D eigenvalue weighted by Gasteiger charge is 2.00. The highest BCUT2D eigenvalue weighted by atomic mass is 32.1. The zero-order valence-corrected chi connectivity index (χ0v) is 10.8. The van der Waals surface area contributed by atoms with Crippen LogP contribution in [-0.4, -0.2) is 11.2 Å². The Bertz CT molecular complexity index is 680. The third kappa shape index (κ3) is 2.31. The van der Waals surface area contributed by atoms with Crippen LogP contribution in [0.2, 0.25) is 0 Å². The van der Waals surface area contributed by atoms with Crippen molar-refractivity contribution in [3.05, 3.63) is 59.7 Å². The first-order chi connectivity index (χ1) is 8.81. The van der Waals surface area contributed by atoms with Gasteiger partial charge in [0.15, 0.2) is 0 Å². The summed E-state index contributed by atoms with van der Waals surface area (Å²) in [4.78, 5) is 8.91. The first-order valence-electron chi connectivity index (χ1n) is 5.77. The molecule has 2 nitrogen and oxygen atoms in total. The second-order valence-corrected chi connectivity index (χ2v) is 5.15. The number of para-hydroxylation sites is 1. The molecule has 0 amide bonds. The van der Waals surface area contributed by atoms with E-state index in [1.54, 1.807) is 11.3 Å². The van der Waals surface area contributed by atoms with Crippen LogP contribution in [0.3, 0.4) is 0 Å². The largest absolute Gasteiger partial charge is 0.227 e. The molecular weight excluding hydrogens is 240 g/mol. The first-order valence-corrected chi connectivity index (χ1v) is 6.59. The van der Waals surface area contributed by atoms with Gasteiger partial charge in [-0.3, -0.25) is 0 Å². The van der Waals surface area contributed by atoms with Crippen LogP contribution in [-0.2, 0) is 0 Å². The molecule has 3 heteroatoms. The predicted molar refractivity (Wildman–Crippen MR) is 78.1 cm³/mol. The quantitative estimate of drug-likeness (QED) is 0.622. The highest BCUT2D eigenvalue weighted by Crippen LogP contribution is 2.27. The van der Waals surface area contributed by atoms with Crippen LogP contribution in [0.15, 0.2) is 53.5 Å². The summed E-state index contributed by atoms with van der Waals surface area (Å²) in [5.41, 5.74) is 3.36. The SMILES string of the molecule is Cc1cccc(/C=N/c2nc3ccccc3s2)c1. The average Bonchev–Trinajstić information content (AvgIpc) is 2.79. The molecule has 0 bridgehead atoms. The molecule has 0 atom stereocenters. The lowest BCUT2D eigenvalue weighted by Gasteiger charge is -1.93. The van der Waals surface area contributed by atoms with Crippen LogP contribution in [0.25, 0.3) is 10.2 Å². The number of aryl methyl sites for hydroxylation is 1. The Hall–Kier alpha value is -2.00. The van der Waals surface area contributed by atoms with Gasteiger partial charge in [0, 0.05) is 6.21 Å². The first kappa shape index (κ1) is 11.1. The van der Waals surface area contributed by atoms with Crippen molar-refractivity contribution in [3.63, 3.8) is 0 Å². The fourth-order valence-electron chi connectivity index (χ4n) is 1.80. The molecule has 2 aromatic carbocycles. The van der Waals surface area contributed by atoms with Gasteiger partial charge in [-0.05, 0) is 24.6 Å². The van der Waals surface area contributed by atoms with Gasteiger partial charge in [-0.25, -0.2) is 9.98 Å². The van der Waals surface area contributed by atoms with E-state index in [4.69, 9.17) is 0 Å². The highest BCUT2D eigenvalue weighted by molar-refractivity contribution is 7.22. The number of hydrogen-bond donors (Lipinski definition) is 0. The van der Waals surface area contributed by atoms with Gasteiger partial charge >= 0.3 is 0 Å². The van der Waals surface area contributed by atoms with E-state index in [-0.39, 0.29) is 0 Å². The molecule has 1 aromatic heterocycles. The van der Waals surface area contributed by atoms with Crippen molar-refractivity contribution >= 4 is 32.9 Å². The fraction of sp³-hybridized carbons (Fsp3) is 0.0667. The van der Waals surface area contributed by atoms with Crippen LogP contribution >= 0.6 is 11.3 Å². The molecule has 0 radical (unpaired) electrons. The van der Waals surface area contributed by atoms with Crippen LogP contribution in [0.1, 0.15) is 11.1 Å². The second kappa shape index (κ2) is 4.70. The molecule has 0 aliphatic heterocycles. The lowest BCUT2D eigenvalue weighted by atomic mass is 10.2. The summed E-state index contributed by atoms with van der Waals surface area (Å²) < 4.78 is 1.17. The maximum absolute atomic E-state index is 4.47. The zero-order chi connectivity index (χ0) is 12.4. The van der Waals surface area contributed by atoms with E-state index >= 15 is 0 Å². The lowest BCUT2D eigenvalue weighted by molar-refractivity contribution is 1.41. The van der Waals surface area contributed by atoms with Crippen molar-refractivity contribution in [2.75, 3.05) is 0 Å². The Kier molecular flexibility index (Phi) is 2.90. The third-order valence-corrected chi connectivity index (χ3v) is 3.59. The molecule has 3 aromatic rings. The Balaban J connectivity index is 1.92. The smallest absolute Gasteiger partial charge is 0.210 e. The summed E-state index contributed by atoms with van der Waals surface area (Å²) in [6.07, 6.45) is 1.87. The van der Waals surface area contributed by atoms with E-state index in [2.05, 4.69) is 35.1 Å². The van der Waals surface area contributed by atoms with Gasteiger partial charge in [-0.2, -0.15) is 0 Å². The molecule has 1 heterocycles. The van der Waals surface area contributed by atoms with Gasteiger partial charge < -0.3 is 0 Å². The van der Waals surface area contributed by atoms with Crippen LogP contribution in [0, 0.1) is 6.92 Å². The van der Waals surface area contributed by atoms with Gasteiger partial charge in [0.25, 0.3) is 0 Å². The van der Waals surface area contributed by atoms with E-state index in [0.29, 0.717) is 0 Å². The van der Waals surface area contributed by atoms with E-state index < -0.39 is 0 Å². The molecule has 3 rings (SSSR count). The van der Waals surface area contributed by atoms with Gasteiger partial charge in [-0.1, -0.05) is 53.3 Å². The molecule has 0 aliphatic carbocycles. The van der Waals surface area contributed by atoms with E-state index in [1.807, 2.05) is 36.5 Å². The fourth-order valence-corrected chi connectivity index (χ4v) is 2.61. The molecular formula is C15H12N2S. The number of rotatable bonds is 2. The van der Waals surface area contributed by atoms with Gasteiger partial charge in [0.1, 0.15) is 0 Å². The van der Waals surface area contributed by atoms with Crippen molar-refractivity contribution in [1.29, 1.82) is 0 Å². The summed E-state index contributed by atoms with van der Waals surface area (Å²) in [7, 11) is 0. The van der Waals surface area contributed by atoms with E-state index in [0.717, 1.165) is 16.2 Å².